The van der Waals surface area contributed by atoms with E-state index in [9.17, 15) is 9.18 Å². The molecular weight excluding hydrogens is 255 g/mol. The molecule has 3 nitrogen and oxygen atoms in total. The highest BCUT2D eigenvalue weighted by Crippen LogP contribution is 2.19. The van der Waals surface area contributed by atoms with Gasteiger partial charge in [-0.15, -0.1) is 0 Å². The van der Waals surface area contributed by atoms with Crippen LogP contribution in [0.25, 0.3) is 0 Å². The highest BCUT2D eigenvalue weighted by atomic mass is 19.1. The summed E-state index contributed by atoms with van der Waals surface area (Å²) in [7, 11) is 0. The van der Waals surface area contributed by atoms with E-state index in [2.05, 4.69) is 17.6 Å². The smallest absolute Gasteiger partial charge is 0.224 e. The van der Waals surface area contributed by atoms with Crippen molar-refractivity contribution in [2.75, 3.05) is 13.1 Å². The number of rotatable bonds is 5. The number of halogens is 1. The minimum atomic E-state index is -0.315. The van der Waals surface area contributed by atoms with Crippen LogP contribution in [0.15, 0.2) is 24.3 Å². The summed E-state index contributed by atoms with van der Waals surface area (Å²) in [4.78, 5) is 11.9. The minimum Gasteiger partial charge on any atom is -0.354 e. The average Bonchev–Trinajstić information content (AvgIpc) is 2.48. The third-order valence-electron chi connectivity index (χ3n) is 4.08. The molecule has 20 heavy (non-hydrogen) atoms. The lowest BCUT2D eigenvalue weighted by molar-refractivity contribution is -0.120. The fourth-order valence-corrected chi connectivity index (χ4v) is 2.85. The van der Waals surface area contributed by atoms with E-state index in [0.29, 0.717) is 24.1 Å². The molecule has 1 amide bonds. The molecule has 0 radical (unpaired) electrons. The first-order valence-corrected chi connectivity index (χ1v) is 7.44. The summed E-state index contributed by atoms with van der Waals surface area (Å²) in [5.41, 5.74) is 0.452. The Labute approximate surface area is 120 Å². The van der Waals surface area contributed by atoms with Crippen LogP contribution in [0, 0.1) is 11.7 Å². The second kappa shape index (κ2) is 7.39. The third-order valence-corrected chi connectivity index (χ3v) is 4.08. The lowest BCUT2D eigenvalue weighted by Crippen LogP contribution is -2.48. The predicted molar refractivity (Wildman–Crippen MR) is 77.9 cm³/mol. The summed E-state index contributed by atoms with van der Waals surface area (Å²) in [6.45, 7) is 3.84. The van der Waals surface area contributed by atoms with Crippen molar-refractivity contribution in [2.24, 2.45) is 5.92 Å². The Kier molecular flexibility index (Phi) is 5.53. The van der Waals surface area contributed by atoms with Crippen LogP contribution in [0.1, 0.15) is 31.7 Å². The summed E-state index contributed by atoms with van der Waals surface area (Å²) in [6, 6.07) is 6.77. The maximum atomic E-state index is 13.5. The fourth-order valence-electron chi connectivity index (χ4n) is 2.85. The molecule has 1 aromatic carbocycles. The Morgan fingerprint density at radius 3 is 3.00 bits per heavy atom. The van der Waals surface area contributed by atoms with E-state index in [1.54, 1.807) is 18.2 Å². The molecule has 0 spiro atoms. The zero-order valence-corrected chi connectivity index (χ0v) is 12.0. The van der Waals surface area contributed by atoms with Crippen LogP contribution in [-0.2, 0) is 11.2 Å². The normalized spacial score (nSPS) is 22.5. The van der Waals surface area contributed by atoms with E-state index < -0.39 is 0 Å². The van der Waals surface area contributed by atoms with Crippen molar-refractivity contribution in [3.05, 3.63) is 35.6 Å². The van der Waals surface area contributed by atoms with Crippen LogP contribution in [0.2, 0.25) is 0 Å². The van der Waals surface area contributed by atoms with Gasteiger partial charge in [0, 0.05) is 12.6 Å². The third kappa shape index (κ3) is 4.04. The van der Waals surface area contributed by atoms with Gasteiger partial charge in [0.2, 0.25) is 5.91 Å². The number of amides is 1. The first-order valence-electron chi connectivity index (χ1n) is 7.44. The first-order chi connectivity index (χ1) is 9.70. The van der Waals surface area contributed by atoms with E-state index in [0.717, 1.165) is 13.0 Å². The monoisotopic (exact) mass is 278 g/mol. The summed E-state index contributed by atoms with van der Waals surface area (Å²) < 4.78 is 13.5. The molecule has 2 rings (SSSR count). The van der Waals surface area contributed by atoms with Gasteiger partial charge in [-0.3, -0.25) is 4.79 Å². The Hall–Kier alpha value is -1.42. The van der Waals surface area contributed by atoms with Gasteiger partial charge in [-0.05, 0) is 36.9 Å². The van der Waals surface area contributed by atoms with E-state index in [-0.39, 0.29) is 18.1 Å². The maximum Gasteiger partial charge on any atom is 0.224 e. The summed E-state index contributed by atoms with van der Waals surface area (Å²) in [5, 5.41) is 6.39. The zero-order valence-electron chi connectivity index (χ0n) is 12.0. The lowest BCUT2D eigenvalue weighted by atomic mass is 9.88. The summed E-state index contributed by atoms with van der Waals surface area (Å²) in [6.07, 6.45) is 3.66. The number of hydrogen-bond donors (Lipinski definition) is 2. The number of hydrogen-bond acceptors (Lipinski definition) is 2. The van der Waals surface area contributed by atoms with Gasteiger partial charge in [0.05, 0.1) is 6.42 Å². The van der Waals surface area contributed by atoms with Crippen molar-refractivity contribution >= 4 is 5.91 Å². The lowest BCUT2D eigenvalue weighted by Gasteiger charge is -2.32. The first kappa shape index (κ1) is 15.0. The number of nitrogens with one attached hydrogen (secondary N) is 2. The molecular formula is C16H23FN2O. The molecule has 0 aromatic heterocycles. The van der Waals surface area contributed by atoms with Gasteiger partial charge in [0.15, 0.2) is 0 Å². The SMILES string of the molecule is CCC1CCCNC1CNC(=O)Cc1ccccc1F. The number of benzene rings is 1. The molecule has 2 atom stereocenters. The van der Waals surface area contributed by atoms with Crippen molar-refractivity contribution < 1.29 is 9.18 Å². The van der Waals surface area contributed by atoms with Crippen LogP contribution in [0.5, 0.6) is 0 Å². The molecule has 2 N–H and O–H groups in total. The maximum absolute atomic E-state index is 13.5. The Bertz CT molecular complexity index is 450. The van der Waals surface area contributed by atoms with Gasteiger partial charge in [-0.25, -0.2) is 4.39 Å². The Morgan fingerprint density at radius 2 is 2.25 bits per heavy atom. The van der Waals surface area contributed by atoms with Gasteiger partial charge >= 0.3 is 0 Å². The van der Waals surface area contributed by atoms with E-state index in [1.807, 2.05) is 0 Å². The molecule has 0 saturated carbocycles. The van der Waals surface area contributed by atoms with Crippen molar-refractivity contribution in [1.29, 1.82) is 0 Å². The topological polar surface area (TPSA) is 41.1 Å². The molecule has 1 aromatic rings. The zero-order chi connectivity index (χ0) is 14.4. The van der Waals surface area contributed by atoms with E-state index in [4.69, 9.17) is 0 Å². The predicted octanol–water partition coefficient (Wildman–Crippen LogP) is 2.26. The number of piperidine rings is 1. The van der Waals surface area contributed by atoms with E-state index >= 15 is 0 Å². The molecule has 1 aliphatic heterocycles. The van der Waals surface area contributed by atoms with Crippen LogP contribution >= 0.6 is 0 Å². The number of carbonyl (C=O) groups is 1. The molecule has 1 fully saturated rings. The largest absolute Gasteiger partial charge is 0.354 e. The molecule has 2 unspecified atom stereocenters. The van der Waals surface area contributed by atoms with Crippen LogP contribution < -0.4 is 10.6 Å². The molecule has 1 saturated heterocycles. The second-order valence-corrected chi connectivity index (χ2v) is 5.44. The molecule has 0 aliphatic carbocycles. The molecule has 1 aliphatic rings. The second-order valence-electron chi connectivity index (χ2n) is 5.44. The van der Waals surface area contributed by atoms with Crippen LogP contribution in [0.4, 0.5) is 4.39 Å². The van der Waals surface area contributed by atoms with Gasteiger partial charge < -0.3 is 10.6 Å². The number of carbonyl (C=O) groups excluding carboxylic acids is 1. The van der Waals surface area contributed by atoms with Crippen molar-refractivity contribution in [3.8, 4) is 0 Å². The van der Waals surface area contributed by atoms with Crippen molar-refractivity contribution in [3.63, 3.8) is 0 Å². The van der Waals surface area contributed by atoms with Crippen molar-refractivity contribution in [2.45, 2.75) is 38.6 Å². The fraction of sp³-hybridized carbons (Fsp3) is 0.562. The Balaban J connectivity index is 1.81. The minimum absolute atomic E-state index is 0.107. The highest BCUT2D eigenvalue weighted by molar-refractivity contribution is 5.78. The van der Waals surface area contributed by atoms with Gasteiger partial charge in [0.25, 0.3) is 0 Å². The molecule has 1 heterocycles. The van der Waals surface area contributed by atoms with Crippen molar-refractivity contribution in [1.82, 2.24) is 10.6 Å². The van der Waals surface area contributed by atoms with Crippen LogP contribution in [-0.4, -0.2) is 25.0 Å². The van der Waals surface area contributed by atoms with Gasteiger partial charge in [-0.2, -0.15) is 0 Å². The average molecular weight is 278 g/mol. The van der Waals surface area contributed by atoms with Gasteiger partial charge in [0.1, 0.15) is 5.82 Å². The standard InChI is InChI=1S/C16H23FN2O/c1-2-12-7-5-9-18-15(12)11-19-16(20)10-13-6-3-4-8-14(13)17/h3-4,6,8,12,15,18H,2,5,7,9-11H2,1H3,(H,19,20). The summed E-state index contributed by atoms with van der Waals surface area (Å²) in [5.74, 6) is 0.194. The Morgan fingerprint density at radius 1 is 1.45 bits per heavy atom. The molecule has 4 heteroatoms. The van der Waals surface area contributed by atoms with Crippen LogP contribution in [0.3, 0.4) is 0 Å². The van der Waals surface area contributed by atoms with E-state index in [1.165, 1.54) is 18.9 Å². The molecule has 0 bridgehead atoms. The van der Waals surface area contributed by atoms with Gasteiger partial charge in [-0.1, -0.05) is 31.5 Å². The summed E-state index contributed by atoms with van der Waals surface area (Å²) >= 11 is 0. The molecule has 110 valence electrons. The highest BCUT2D eigenvalue weighted by Gasteiger charge is 2.23. The quantitative estimate of drug-likeness (QED) is 0.867.